The van der Waals surface area contributed by atoms with Crippen LogP contribution < -0.4 is 5.32 Å². The molecular formula is C98H190F4N10O8. The summed E-state index contributed by atoms with van der Waals surface area (Å²) in [5.74, 6) is 0. The van der Waals surface area contributed by atoms with Crippen LogP contribution in [0.3, 0.4) is 0 Å². The Hall–Kier alpha value is -1.78. The molecular weight excluding hydrogens is 1520 g/mol. The van der Waals surface area contributed by atoms with Crippen LogP contribution >= 0.6 is 0 Å². The van der Waals surface area contributed by atoms with Crippen LogP contribution in [0.15, 0.2) is 30.3 Å². The molecule has 1 N–H and O–H groups in total. The van der Waals surface area contributed by atoms with Gasteiger partial charge in [-0.15, -0.1) is 0 Å². The lowest BCUT2D eigenvalue weighted by Crippen LogP contribution is -2.65. The fourth-order valence-electron chi connectivity index (χ4n) is 17.8. The van der Waals surface area contributed by atoms with Crippen molar-refractivity contribution in [3.05, 3.63) is 35.9 Å². The molecule has 12 aliphatic heterocycles. The first kappa shape index (κ1) is 111. The van der Waals surface area contributed by atoms with Crippen molar-refractivity contribution in [2.24, 2.45) is 0 Å². The Morgan fingerprint density at radius 1 is 0.375 bits per heavy atom. The third-order valence-electron chi connectivity index (χ3n) is 24.6. The molecule has 120 heavy (non-hydrogen) atoms. The number of nitrogens with zero attached hydrogens (tertiary/aromatic N) is 9. The molecule has 6 atom stereocenters. The van der Waals surface area contributed by atoms with Crippen LogP contribution in [0.1, 0.15) is 324 Å². The van der Waals surface area contributed by atoms with Crippen molar-refractivity contribution in [3.8, 4) is 0 Å². The number of hydrogen-bond donors (Lipinski definition) is 1. The first-order chi connectivity index (χ1) is 55.0. The molecule has 0 aliphatic carbocycles. The van der Waals surface area contributed by atoms with Crippen molar-refractivity contribution in [2.45, 2.75) is 447 Å². The zero-order chi connectivity index (χ0) is 90.7. The summed E-state index contributed by atoms with van der Waals surface area (Å²) in [5.41, 5.74) is 3.07. The molecule has 0 spiro atoms. The van der Waals surface area contributed by atoms with Gasteiger partial charge in [0.2, 0.25) is 0 Å². The maximum atomic E-state index is 12.7. The summed E-state index contributed by atoms with van der Waals surface area (Å²) in [6.45, 7) is 93.8. The molecule has 708 valence electrons. The fourth-order valence-corrected chi connectivity index (χ4v) is 17.8. The number of benzene rings is 1. The van der Waals surface area contributed by atoms with E-state index in [0.29, 0.717) is 64.7 Å². The van der Waals surface area contributed by atoms with Gasteiger partial charge in [0, 0.05) is 133 Å². The zero-order valence-electron chi connectivity index (χ0n) is 83.8. The van der Waals surface area contributed by atoms with E-state index in [1.807, 2.05) is 6.07 Å². The Bertz CT molecular complexity index is 2730. The molecule has 1 aromatic rings. The average molecular weight is 1710 g/mol. The van der Waals surface area contributed by atoms with Gasteiger partial charge in [-0.3, -0.25) is 48.8 Å². The summed E-state index contributed by atoms with van der Waals surface area (Å²) in [6, 6.07) is 13.6. The van der Waals surface area contributed by atoms with Crippen LogP contribution in [0.2, 0.25) is 0 Å². The molecule has 12 heterocycles. The Morgan fingerprint density at radius 3 is 1.07 bits per heavy atom. The van der Waals surface area contributed by atoms with Gasteiger partial charge in [0.15, 0.2) is 0 Å². The van der Waals surface area contributed by atoms with Gasteiger partial charge in [-0.2, -0.15) is 17.6 Å². The normalized spacial score (nSPS) is 28.1. The van der Waals surface area contributed by atoms with Gasteiger partial charge in [-0.1, -0.05) is 62.4 Å². The summed E-state index contributed by atoms with van der Waals surface area (Å²) in [4.78, 5) is 21.5. The van der Waals surface area contributed by atoms with Crippen LogP contribution in [0.25, 0.3) is 0 Å². The molecule has 12 fully saturated rings. The Balaban J connectivity index is 0.000000280. The molecule has 0 amide bonds. The van der Waals surface area contributed by atoms with Crippen LogP contribution in [-0.2, 0) is 44.4 Å². The number of halogens is 4. The highest BCUT2D eigenvalue weighted by atomic mass is 19.3. The van der Waals surface area contributed by atoms with Crippen LogP contribution in [-0.4, -0.2) is 317 Å². The van der Waals surface area contributed by atoms with E-state index in [1.54, 1.807) is 20.8 Å². The van der Waals surface area contributed by atoms with Crippen LogP contribution in [0, 0.1) is 0 Å². The van der Waals surface area contributed by atoms with E-state index >= 15 is 0 Å². The molecule has 12 saturated heterocycles. The highest BCUT2D eigenvalue weighted by Gasteiger charge is 2.54. The summed E-state index contributed by atoms with van der Waals surface area (Å²) < 4.78 is 93.4. The molecule has 13 rings (SSSR count). The number of hydrogen-bond acceptors (Lipinski definition) is 18. The number of ether oxygens (including phenoxy) is 8. The highest BCUT2D eigenvalue weighted by molar-refractivity contribution is 5.14. The van der Waals surface area contributed by atoms with Crippen molar-refractivity contribution in [1.29, 1.82) is 0 Å². The van der Waals surface area contributed by atoms with Crippen molar-refractivity contribution >= 4 is 0 Å². The van der Waals surface area contributed by atoms with E-state index in [-0.39, 0.29) is 27.8 Å². The van der Waals surface area contributed by atoms with E-state index in [9.17, 15) is 17.6 Å². The van der Waals surface area contributed by atoms with Crippen molar-refractivity contribution in [1.82, 2.24) is 49.4 Å². The molecule has 22 heteroatoms. The molecule has 18 nitrogen and oxygen atoms in total. The van der Waals surface area contributed by atoms with Crippen LogP contribution in [0.4, 0.5) is 17.6 Å². The minimum absolute atomic E-state index is 0.0333. The molecule has 6 bridgehead atoms. The Kier molecular flexibility index (Phi) is 45.4. The minimum Gasteiger partial charge on any atom is -0.380 e. The predicted octanol–water partition coefficient (Wildman–Crippen LogP) is 19.7. The molecule has 6 unspecified atom stereocenters. The Morgan fingerprint density at radius 2 is 0.733 bits per heavy atom. The van der Waals surface area contributed by atoms with E-state index in [4.69, 9.17) is 33.2 Å². The number of likely N-dealkylation sites (tertiary alicyclic amines) is 3. The van der Waals surface area contributed by atoms with Gasteiger partial charge in [0.25, 0.3) is 0 Å². The minimum atomic E-state index is -3.78. The second kappa shape index (κ2) is 49.3. The average Bonchev–Trinajstić information content (AvgIpc) is 0.912. The molecule has 0 aromatic heterocycles. The second-order valence-electron chi connectivity index (χ2n) is 46.1. The van der Waals surface area contributed by atoms with Crippen molar-refractivity contribution < 1.29 is 55.5 Å². The topological polar surface area (TPSA) is 115 Å². The largest absolute Gasteiger partial charge is 0.380 e. The van der Waals surface area contributed by atoms with E-state index in [0.717, 1.165) is 129 Å². The van der Waals surface area contributed by atoms with Crippen LogP contribution in [0.5, 0.6) is 0 Å². The lowest BCUT2D eigenvalue weighted by molar-refractivity contribution is -0.410. The smallest absolute Gasteiger partial charge is 0.372 e. The number of rotatable bonds is 3. The van der Waals surface area contributed by atoms with E-state index < -0.39 is 30.8 Å². The molecule has 0 saturated carbocycles. The second-order valence-corrected chi connectivity index (χ2v) is 46.1. The van der Waals surface area contributed by atoms with Gasteiger partial charge in [-0.25, -0.2) is 0 Å². The maximum Gasteiger partial charge on any atom is 0.372 e. The van der Waals surface area contributed by atoms with E-state index in [1.165, 1.54) is 128 Å². The zero-order valence-corrected chi connectivity index (χ0v) is 83.8. The summed E-state index contributed by atoms with van der Waals surface area (Å²) in [6.07, 6.45) is 13.5. The highest BCUT2D eigenvalue weighted by Crippen LogP contribution is 2.38. The third-order valence-corrected chi connectivity index (χ3v) is 24.6. The predicted molar refractivity (Wildman–Crippen MR) is 494 cm³/mol. The standard InChI is InChI=1S/C11H17N.C11H23N.C10H19NO2.C10H19NO.2C10H21NO.C10H21N.C9H17NO.C9H19NO.C8H13F4NO/c1-11(2,3)12-9-10-7-5-4-6-8-10;1-11(2,3)12-9-7-5-4-6-8-10-12;1-10(2,3)11-8-4-12-6-9(11)7-13-5-8;1-10(2,3)11-6-8-4-5-9(7-11)12-8;1-8-6-11(10(3,4)5)7-9(2)12-8;1-9(2,3)11-6-7-12-10(4,5)8-11;1-10(2,3)11-8-6-4-5-7-9-11;1-7(2)10-8-3-4-9(10)6-11-5-8;1-9(2,3)10-5-4-7-11-8-6-10;1-6(2,3)13-4-7(9,10)14-8(11,12)5-13/h4-8,12H,9H2,1-3H3;4-10H2,1-3H3;8-9H,4-7H2,1-3H3;8-9H,4-7H2,1-3H3;8-9H,6-7H2,1-5H3;6-8H2,1-5H3;4-9H2,1-3H3;7-9H,3-6H2,1-2H3;4-8H2,1-3H3;4-5H2,1-3H3. The SMILES string of the molecule is CC(C)(C)N1C2COCC1COC2.CC(C)(C)N1CC(F)(F)OC(F)(F)C1.CC(C)(C)N1CC2CCC(C1)O2.CC(C)(C)N1CCCCCC1.CC(C)(C)N1CCCCCCC1.CC(C)(C)N1CCCOCC1.CC(C)(C)NCc1ccccc1.CC(C)N1C2CCC1COC2.CC1(C)CN(C(C)(C)C)CCO1.CC1CN(C(C)(C)C)CC(C)O1. The first-order valence-corrected chi connectivity index (χ1v) is 47.4. The quantitative estimate of drug-likeness (QED) is 0.289. The van der Waals surface area contributed by atoms with Gasteiger partial charge in [0.1, 0.15) is 0 Å². The Labute approximate surface area is 735 Å². The summed E-state index contributed by atoms with van der Waals surface area (Å²) >= 11 is 0. The first-order valence-electron chi connectivity index (χ1n) is 47.4. The van der Waals surface area contributed by atoms with E-state index in [2.05, 4.69) is 281 Å². The van der Waals surface area contributed by atoms with Gasteiger partial charge in [-0.05, 0) is 318 Å². The lowest BCUT2D eigenvalue weighted by Gasteiger charge is -2.51. The monoisotopic (exact) mass is 1710 g/mol. The summed E-state index contributed by atoms with van der Waals surface area (Å²) in [7, 11) is 0. The van der Waals surface area contributed by atoms with Gasteiger partial charge < -0.3 is 38.5 Å². The fraction of sp³-hybridized carbons (Fsp3) is 0.939. The van der Waals surface area contributed by atoms with Gasteiger partial charge >= 0.3 is 12.2 Å². The number of nitrogens with one attached hydrogen (secondary N) is 1. The number of fused-ring (bicyclic) bond motifs is 6. The third kappa shape index (κ3) is 43.6. The maximum absolute atomic E-state index is 12.7. The molecule has 12 aliphatic rings. The van der Waals surface area contributed by atoms with Gasteiger partial charge in [0.05, 0.1) is 108 Å². The number of alkyl halides is 4. The molecule has 1 aromatic carbocycles. The number of morpholine rings is 7. The van der Waals surface area contributed by atoms with Crippen molar-refractivity contribution in [3.63, 3.8) is 0 Å². The molecule has 0 radical (unpaired) electrons. The lowest BCUT2D eigenvalue weighted by atomic mass is 9.97. The van der Waals surface area contributed by atoms with Crippen molar-refractivity contribution in [2.75, 3.05) is 151 Å². The summed E-state index contributed by atoms with van der Waals surface area (Å²) in [5, 5.41) is 3.44.